The average Bonchev–Trinajstić information content (AvgIpc) is 3.93. The van der Waals surface area contributed by atoms with Crippen LogP contribution >= 0.6 is 0 Å². The smallest absolute Gasteiger partial charge is 0.140 e. The highest BCUT2D eigenvalue weighted by molar-refractivity contribution is 5.98. The van der Waals surface area contributed by atoms with Gasteiger partial charge in [0.2, 0.25) is 0 Å². The summed E-state index contributed by atoms with van der Waals surface area (Å²) in [4.78, 5) is 2.42. The lowest BCUT2D eigenvalue weighted by Gasteiger charge is -2.33. The number of hydrogen-bond donors (Lipinski definition) is 0. The molecule has 0 aliphatic heterocycles. The maximum absolute atomic E-state index is 6.83. The Hall–Kier alpha value is -7.68. The molecule has 0 spiro atoms. The highest BCUT2D eigenvalue weighted by atomic mass is 16.3. The molecule has 0 bridgehead atoms. The van der Waals surface area contributed by atoms with Crippen LogP contribution in [0, 0.1) is 0 Å². The van der Waals surface area contributed by atoms with Gasteiger partial charge in [-0.3, -0.25) is 0 Å². The number of para-hydroxylation sites is 1. The summed E-state index contributed by atoms with van der Waals surface area (Å²) >= 11 is 0. The molecule has 2 aliphatic rings. The zero-order valence-corrected chi connectivity index (χ0v) is 34.7. The SMILES string of the molecule is CC1(C)c2ccccc2-c2ccc(N(c3ccc(-c4ccccc4)cc3)c3cccc(-c4ccc5c(c4)C(c4ccccc4)(c4ccccc4)c4c-5oc5ccccc45)c3)cc21. The van der Waals surface area contributed by atoms with E-state index in [4.69, 9.17) is 4.42 Å². The van der Waals surface area contributed by atoms with E-state index in [1.54, 1.807) is 0 Å². The van der Waals surface area contributed by atoms with Crippen LogP contribution in [-0.4, -0.2) is 0 Å². The molecule has 2 heteroatoms. The van der Waals surface area contributed by atoms with Crippen LogP contribution < -0.4 is 4.90 Å². The summed E-state index contributed by atoms with van der Waals surface area (Å²) in [5, 5.41) is 1.14. The molecule has 0 fully saturated rings. The fourth-order valence-electron chi connectivity index (χ4n) is 10.7. The lowest BCUT2D eigenvalue weighted by atomic mass is 9.67. The van der Waals surface area contributed by atoms with E-state index in [0.29, 0.717) is 0 Å². The largest absolute Gasteiger partial charge is 0.456 e. The Morgan fingerprint density at radius 1 is 0.371 bits per heavy atom. The van der Waals surface area contributed by atoms with Gasteiger partial charge in [0.1, 0.15) is 11.3 Å². The summed E-state index contributed by atoms with van der Waals surface area (Å²) in [6, 6.07) is 82.0. The third-order valence-corrected chi connectivity index (χ3v) is 13.5. The van der Waals surface area contributed by atoms with E-state index in [0.717, 1.165) is 50.5 Å². The van der Waals surface area contributed by atoms with Crippen molar-refractivity contribution in [3.05, 3.63) is 258 Å². The molecule has 294 valence electrons. The lowest BCUT2D eigenvalue weighted by Crippen LogP contribution is -2.28. The molecule has 0 saturated carbocycles. The van der Waals surface area contributed by atoms with Gasteiger partial charge in [0.15, 0.2) is 0 Å². The molecule has 0 saturated heterocycles. The molecule has 9 aromatic carbocycles. The van der Waals surface area contributed by atoms with Gasteiger partial charge in [0.25, 0.3) is 0 Å². The van der Waals surface area contributed by atoms with Gasteiger partial charge in [-0.05, 0) is 110 Å². The van der Waals surface area contributed by atoms with E-state index in [2.05, 4.69) is 243 Å². The van der Waals surface area contributed by atoms with Crippen LogP contribution in [0.5, 0.6) is 0 Å². The predicted molar refractivity (Wildman–Crippen MR) is 257 cm³/mol. The Labute approximate surface area is 363 Å². The van der Waals surface area contributed by atoms with E-state index >= 15 is 0 Å². The van der Waals surface area contributed by atoms with Crippen molar-refractivity contribution in [1.29, 1.82) is 0 Å². The molecule has 2 aliphatic carbocycles. The molecule has 0 atom stereocenters. The van der Waals surface area contributed by atoms with E-state index in [1.807, 2.05) is 0 Å². The summed E-state index contributed by atoms with van der Waals surface area (Å²) in [6.45, 7) is 4.71. The monoisotopic (exact) mass is 793 g/mol. The Balaban J connectivity index is 1.04. The van der Waals surface area contributed by atoms with E-state index in [-0.39, 0.29) is 5.41 Å². The Bertz CT molecular complexity index is 3270. The van der Waals surface area contributed by atoms with Crippen LogP contribution in [0.3, 0.4) is 0 Å². The van der Waals surface area contributed by atoms with Gasteiger partial charge < -0.3 is 9.32 Å². The van der Waals surface area contributed by atoms with Crippen molar-refractivity contribution >= 4 is 28.0 Å². The second kappa shape index (κ2) is 13.9. The number of nitrogens with zero attached hydrogens (tertiary/aromatic N) is 1. The first-order valence-electron chi connectivity index (χ1n) is 21.6. The molecule has 0 N–H and O–H groups in total. The number of fused-ring (bicyclic) bond motifs is 8. The summed E-state index contributed by atoms with van der Waals surface area (Å²) < 4.78 is 6.83. The lowest BCUT2D eigenvalue weighted by molar-refractivity contribution is 0.628. The van der Waals surface area contributed by atoms with Crippen LogP contribution in [0.4, 0.5) is 17.1 Å². The van der Waals surface area contributed by atoms with E-state index in [1.165, 1.54) is 55.6 Å². The normalized spacial score (nSPS) is 13.9. The minimum atomic E-state index is -0.589. The van der Waals surface area contributed by atoms with Gasteiger partial charge >= 0.3 is 0 Å². The minimum absolute atomic E-state index is 0.125. The first kappa shape index (κ1) is 36.2. The molecule has 1 heterocycles. The predicted octanol–water partition coefficient (Wildman–Crippen LogP) is 15.9. The van der Waals surface area contributed by atoms with Gasteiger partial charge in [0.05, 0.1) is 5.41 Å². The standard InChI is InChI=1S/C60H43NO/c1-59(2)53-27-14-12-25-49(53)50-36-34-48(39-54(50)59)61(46-32-29-41(30-33-46)40-17-6-3-7-18-40)47-24-16-19-42(37-47)43-31-35-51-55(38-43)60(44-20-8-4-9-21-44,45-22-10-5-11-23-45)57-52-26-13-15-28-56(52)62-58(51)57/h3-39H,1-2H3. The van der Waals surface area contributed by atoms with Crippen molar-refractivity contribution in [2.24, 2.45) is 0 Å². The third-order valence-electron chi connectivity index (χ3n) is 13.5. The summed E-state index contributed by atoms with van der Waals surface area (Å²) in [7, 11) is 0. The quantitative estimate of drug-likeness (QED) is 0.160. The molecule has 2 nitrogen and oxygen atoms in total. The van der Waals surface area contributed by atoms with Gasteiger partial charge in [-0.15, -0.1) is 0 Å². The molecule has 0 unspecified atom stereocenters. The zero-order chi connectivity index (χ0) is 41.4. The molecular weight excluding hydrogens is 751 g/mol. The first-order valence-corrected chi connectivity index (χ1v) is 21.6. The first-order chi connectivity index (χ1) is 30.5. The molecular formula is C60H43NO. The molecule has 1 aromatic heterocycles. The summed E-state index contributed by atoms with van der Waals surface area (Å²) in [6.07, 6.45) is 0. The van der Waals surface area contributed by atoms with Crippen molar-refractivity contribution in [3.8, 4) is 44.7 Å². The van der Waals surface area contributed by atoms with Crippen molar-refractivity contribution < 1.29 is 4.42 Å². The van der Waals surface area contributed by atoms with Gasteiger partial charge in [-0.25, -0.2) is 0 Å². The Morgan fingerprint density at radius 3 is 1.68 bits per heavy atom. The van der Waals surface area contributed by atoms with Gasteiger partial charge in [0, 0.05) is 39.0 Å². The van der Waals surface area contributed by atoms with Crippen LogP contribution in [0.25, 0.3) is 55.7 Å². The highest BCUT2D eigenvalue weighted by Crippen LogP contribution is 2.60. The molecule has 62 heavy (non-hydrogen) atoms. The molecule has 0 radical (unpaired) electrons. The number of furan rings is 1. The fraction of sp³-hybridized carbons (Fsp3) is 0.0667. The topological polar surface area (TPSA) is 16.4 Å². The number of rotatable bonds is 7. The molecule has 12 rings (SSSR count). The average molecular weight is 794 g/mol. The second-order valence-corrected chi connectivity index (χ2v) is 17.2. The van der Waals surface area contributed by atoms with E-state index in [9.17, 15) is 0 Å². The van der Waals surface area contributed by atoms with Crippen molar-refractivity contribution in [1.82, 2.24) is 0 Å². The number of hydrogen-bond acceptors (Lipinski definition) is 2. The van der Waals surface area contributed by atoms with Crippen LogP contribution in [0.15, 0.2) is 229 Å². The van der Waals surface area contributed by atoms with Crippen molar-refractivity contribution in [3.63, 3.8) is 0 Å². The maximum atomic E-state index is 6.83. The van der Waals surface area contributed by atoms with Crippen LogP contribution in [-0.2, 0) is 10.8 Å². The van der Waals surface area contributed by atoms with E-state index < -0.39 is 5.41 Å². The Morgan fingerprint density at radius 2 is 0.919 bits per heavy atom. The highest BCUT2D eigenvalue weighted by Gasteiger charge is 2.49. The Kier molecular flexibility index (Phi) is 8.14. The van der Waals surface area contributed by atoms with Crippen molar-refractivity contribution in [2.75, 3.05) is 4.90 Å². The number of anilines is 3. The van der Waals surface area contributed by atoms with Crippen molar-refractivity contribution in [2.45, 2.75) is 24.7 Å². The third kappa shape index (κ3) is 5.36. The van der Waals surface area contributed by atoms with Gasteiger partial charge in [-0.1, -0.05) is 190 Å². The maximum Gasteiger partial charge on any atom is 0.140 e. The van der Waals surface area contributed by atoms with Crippen LogP contribution in [0.1, 0.15) is 47.2 Å². The molecule has 10 aromatic rings. The van der Waals surface area contributed by atoms with Gasteiger partial charge in [-0.2, -0.15) is 0 Å². The molecule has 0 amide bonds. The second-order valence-electron chi connectivity index (χ2n) is 17.2. The summed E-state index contributed by atoms with van der Waals surface area (Å²) in [5.74, 6) is 0.945. The minimum Gasteiger partial charge on any atom is -0.456 e. The zero-order valence-electron chi connectivity index (χ0n) is 34.7. The fourth-order valence-corrected chi connectivity index (χ4v) is 10.7. The number of benzene rings is 9. The summed E-state index contributed by atoms with van der Waals surface area (Å²) in [5.41, 5.74) is 19.6. The van der Waals surface area contributed by atoms with Crippen LogP contribution in [0.2, 0.25) is 0 Å².